The Morgan fingerprint density at radius 2 is 1.92 bits per heavy atom. The van der Waals surface area contributed by atoms with Gasteiger partial charge in [0.25, 0.3) is 0 Å². The number of aliphatic imine (C=N–C) groups is 1. The molecule has 1 aliphatic carbocycles. The lowest BCUT2D eigenvalue weighted by atomic mass is 9.96. The smallest absolute Gasteiger partial charge is 0.245 e. The number of carbonyl (C=O) groups excluding carboxylic acids is 1. The van der Waals surface area contributed by atoms with E-state index in [9.17, 15) is 22.0 Å². The second-order valence-corrected chi connectivity index (χ2v) is 12.7. The Kier molecular flexibility index (Phi) is 7.97. The van der Waals surface area contributed by atoms with E-state index in [0.717, 1.165) is 0 Å². The maximum atomic E-state index is 14.1. The summed E-state index contributed by atoms with van der Waals surface area (Å²) in [6, 6.07) is 11.4. The third kappa shape index (κ3) is 6.42. The van der Waals surface area contributed by atoms with Crippen molar-refractivity contribution >= 4 is 33.4 Å². The highest BCUT2D eigenvalue weighted by molar-refractivity contribution is 7.89. The van der Waals surface area contributed by atoms with Crippen molar-refractivity contribution < 1.29 is 22.0 Å². The summed E-state index contributed by atoms with van der Waals surface area (Å²) in [5.41, 5.74) is -1.18. The van der Waals surface area contributed by atoms with Gasteiger partial charge in [0.15, 0.2) is 0 Å². The lowest BCUT2D eigenvalue weighted by molar-refractivity contribution is -0.124. The zero-order chi connectivity index (χ0) is 27.7. The van der Waals surface area contributed by atoms with Gasteiger partial charge < -0.3 is 10.6 Å². The normalized spacial score (nSPS) is 19.5. The number of hydrogen-bond donors (Lipinski definition) is 2. The van der Waals surface area contributed by atoms with Crippen molar-refractivity contribution in [3.05, 3.63) is 77.1 Å². The lowest BCUT2D eigenvalue weighted by Gasteiger charge is -2.24. The summed E-state index contributed by atoms with van der Waals surface area (Å²) < 4.78 is 56.2. The maximum absolute atomic E-state index is 14.1. The van der Waals surface area contributed by atoms with E-state index in [1.165, 1.54) is 28.6 Å². The summed E-state index contributed by atoms with van der Waals surface area (Å²) in [6.45, 7) is 7.55. The first-order valence-corrected chi connectivity index (χ1v) is 14.1. The summed E-state index contributed by atoms with van der Waals surface area (Å²) >= 11 is 5.79. The summed E-state index contributed by atoms with van der Waals surface area (Å²) in [6.07, 6.45) is 1.09. The molecule has 1 atom stereocenters. The quantitative estimate of drug-likeness (QED) is 0.424. The number of alkyl halides is 1. The van der Waals surface area contributed by atoms with Crippen LogP contribution in [-0.2, 0) is 21.4 Å². The number of carbonyl (C=O) groups is 1. The van der Waals surface area contributed by atoms with Crippen LogP contribution in [0.1, 0.15) is 38.7 Å². The molecule has 1 aliphatic heterocycles. The number of amides is 1. The van der Waals surface area contributed by atoms with Gasteiger partial charge in [0.2, 0.25) is 15.9 Å². The molecular formula is C27H31ClF2N4O3S. The molecule has 2 aliphatic rings. The molecule has 4 rings (SSSR count). The predicted molar refractivity (Wildman–Crippen MR) is 144 cm³/mol. The minimum atomic E-state index is -3.93. The van der Waals surface area contributed by atoms with Gasteiger partial charge in [0.05, 0.1) is 22.0 Å². The highest BCUT2D eigenvalue weighted by Crippen LogP contribution is 2.39. The van der Waals surface area contributed by atoms with Crippen molar-refractivity contribution in [1.82, 2.24) is 14.9 Å². The van der Waals surface area contributed by atoms with Gasteiger partial charge in [-0.1, -0.05) is 42.4 Å². The number of amidine groups is 1. The molecule has 1 saturated carbocycles. The van der Waals surface area contributed by atoms with Crippen molar-refractivity contribution in [3.63, 3.8) is 0 Å². The van der Waals surface area contributed by atoms with Crippen molar-refractivity contribution in [3.8, 4) is 0 Å². The van der Waals surface area contributed by atoms with E-state index in [4.69, 9.17) is 11.6 Å². The Morgan fingerprint density at radius 1 is 1.24 bits per heavy atom. The topological polar surface area (TPSA) is 90.9 Å². The lowest BCUT2D eigenvalue weighted by Crippen LogP contribution is -2.53. The van der Waals surface area contributed by atoms with Crippen LogP contribution in [0.4, 0.5) is 8.78 Å². The first kappa shape index (κ1) is 28.2. The van der Waals surface area contributed by atoms with Crippen LogP contribution in [0.15, 0.2) is 70.6 Å². The summed E-state index contributed by atoms with van der Waals surface area (Å²) in [7, 11) is -3.93. The molecule has 11 heteroatoms. The van der Waals surface area contributed by atoms with Gasteiger partial charge in [-0.25, -0.2) is 17.2 Å². The van der Waals surface area contributed by atoms with Crippen LogP contribution in [-0.4, -0.2) is 54.8 Å². The van der Waals surface area contributed by atoms with Crippen molar-refractivity contribution in [2.45, 2.75) is 61.8 Å². The van der Waals surface area contributed by atoms with Crippen LogP contribution in [0.2, 0.25) is 5.02 Å². The number of benzene rings is 2. The molecule has 0 spiro atoms. The Morgan fingerprint density at radius 3 is 2.55 bits per heavy atom. The molecular weight excluding hydrogens is 534 g/mol. The second kappa shape index (κ2) is 10.7. The molecule has 2 aromatic carbocycles. The van der Waals surface area contributed by atoms with Crippen LogP contribution >= 0.6 is 11.6 Å². The molecule has 38 heavy (non-hydrogen) atoms. The highest BCUT2D eigenvalue weighted by Gasteiger charge is 2.46. The first-order chi connectivity index (χ1) is 17.8. The molecule has 2 aromatic rings. The van der Waals surface area contributed by atoms with Gasteiger partial charge in [0.1, 0.15) is 23.4 Å². The molecule has 0 unspecified atom stereocenters. The summed E-state index contributed by atoms with van der Waals surface area (Å²) in [5.74, 6) is -0.600. The highest BCUT2D eigenvalue weighted by atomic mass is 35.5. The van der Waals surface area contributed by atoms with E-state index >= 15 is 0 Å². The zero-order valence-corrected chi connectivity index (χ0v) is 22.9. The van der Waals surface area contributed by atoms with Crippen LogP contribution in [0.25, 0.3) is 0 Å². The summed E-state index contributed by atoms with van der Waals surface area (Å²) in [5, 5.41) is 5.69. The fourth-order valence-electron chi connectivity index (χ4n) is 4.17. The van der Waals surface area contributed by atoms with Crippen molar-refractivity contribution in [1.29, 1.82) is 0 Å². The second-order valence-electron chi connectivity index (χ2n) is 10.3. The van der Waals surface area contributed by atoms with Gasteiger partial charge in [-0.05, 0) is 68.5 Å². The Labute approximate surface area is 227 Å². The molecule has 2 N–H and O–H groups in total. The first-order valence-electron chi connectivity index (χ1n) is 12.3. The van der Waals surface area contributed by atoms with E-state index < -0.39 is 33.1 Å². The van der Waals surface area contributed by atoms with Gasteiger partial charge in [-0.2, -0.15) is 4.31 Å². The van der Waals surface area contributed by atoms with E-state index in [-0.39, 0.29) is 41.9 Å². The fraction of sp³-hybridized carbons (Fsp3) is 0.407. The number of sulfonamides is 1. The largest absolute Gasteiger partial charge is 0.357 e. The molecule has 1 heterocycles. The molecule has 0 bridgehead atoms. The minimum absolute atomic E-state index is 0.0304. The Bertz CT molecular complexity index is 1360. The zero-order valence-electron chi connectivity index (χ0n) is 21.3. The number of nitrogens with one attached hydrogen (secondary N) is 2. The number of halogens is 3. The van der Waals surface area contributed by atoms with E-state index in [1.54, 1.807) is 38.1 Å². The van der Waals surface area contributed by atoms with Crippen LogP contribution < -0.4 is 10.6 Å². The third-order valence-corrected chi connectivity index (χ3v) is 8.91. The van der Waals surface area contributed by atoms with Gasteiger partial charge >= 0.3 is 0 Å². The summed E-state index contributed by atoms with van der Waals surface area (Å²) in [4.78, 5) is 17.5. The Balaban J connectivity index is 1.47. The molecule has 1 amide bonds. The van der Waals surface area contributed by atoms with Crippen LogP contribution in [0.3, 0.4) is 0 Å². The van der Waals surface area contributed by atoms with E-state index in [0.29, 0.717) is 29.8 Å². The van der Waals surface area contributed by atoms with Gasteiger partial charge in [0, 0.05) is 13.1 Å². The average Bonchev–Trinajstić information content (AvgIpc) is 3.52. The average molecular weight is 565 g/mol. The standard InChI is InChI=1S/C27H31ClF2N4O3S/c1-18(24-32-23(26(2,3)33-24)25(35)31-17-27(30)12-13-27)11-14-34(16-19-9-10-21(28)22(29)15-19)38(36,37)20-7-5-4-6-8-20/h4-10,15,23H,1,11-14,16-17H2,2-3H3,(H,31,35)(H,32,33)/t23-/m0/s1. The molecule has 0 radical (unpaired) electrons. The molecule has 0 saturated heterocycles. The molecule has 7 nitrogen and oxygen atoms in total. The van der Waals surface area contributed by atoms with Crippen molar-refractivity contribution in [2.24, 2.45) is 4.99 Å². The Hall–Kier alpha value is -2.82. The van der Waals surface area contributed by atoms with Crippen molar-refractivity contribution in [2.75, 3.05) is 13.1 Å². The number of nitrogens with zero attached hydrogens (tertiary/aromatic N) is 2. The monoisotopic (exact) mass is 564 g/mol. The molecule has 0 aromatic heterocycles. The predicted octanol–water partition coefficient (Wildman–Crippen LogP) is 4.38. The minimum Gasteiger partial charge on any atom is -0.357 e. The number of hydrogen-bond acceptors (Lipinski definition) is 5. The van der Waals surface area contributed by atoms with Gasteiger partial charge in [-0.3, -0.25) is 9.79 Å². The van der Waals surface area contributed by atoms with E-state index in [1.807, 2.05) is 0 Å². The number of rotatable bonds is 11. The van der Waals surface area contributed by atoms with Crippen LogP contribution in [0.5, 0.6) is 0 Å². The maximum Gasteiger partial charge on any atom is 0.245 e. The van der Waals surface area contributed by atoms with Crippen LogP contribution in [0, 0.1) is 5.82 Å². The fourth-order valence-corrected chi connectivity index (χ4v) is 5.74. The molecule has 1 fully saturated rings. The SMILES string of the molecule is C=C(CCN(Cc1ccc(Cl)c(F)c1)S(=O)(=O)c1ccccc1)C1=NC(C)(C)[C@H](C(=O)NCC2(F)CC2)N1. The third-order valence-electron chi connectivity index (χ3n) is 6.74. The van der Waals surface area contributed by atoms with Gasteiger partial charge in [-0.15, -0.1) is 0 Å². The van der Waals surface area contributed by atoms with E-state index in [2.05, 4.69) is 22.2 Å². The molecule has 204 valence electrons.